The summed E-state index contributed by atoms with van der Waals surface area (Å²) >= 11 is 0. The highest BCUT2D eigenvalue weighted by Crippen LogP contribution is 2.22. The van der Waals surface area contributed by atoms with E-state index >= 15 is 0 Å². The minimum atomic E-state index is -2.36. The summed E-state index contributed by atoms with van der Waals surface area (Å²) in [5.41, 5.74) is 7.33. The third kappa shape index (κ3) is 2.15. The summed E-state index contributed by atoms with van der Waals surface area (Å²) in [6.07, 6.45) is -0.849. The van der Waals surface area contributed by atoms with Crippen LogP contribution in [-0.4, -0.2) is 11.4 Å². The Bertz CT molecular complexity index is 451. The maximum absolute atomic E-state index is 12.1. The molecule has 0 unspecified atom stereocenters. The van der Waals surface area contributed by atoms with Gasteiger partial charge in [0.25, 0.3) is 0 Å². The zero-order valence-electron chi connectivity index (χ0n) is 8.08. The topological polar surface area (TPSA) is 41.8 Å². The monoisotopic (exact) mass is 210 g/mol. The SMILES string of the molecule is N[C@H](CC(F)F)c1ccc2cc[nH]c2c1. The number of hydrogen-bond acceptors (Lipinski definition) is 1. The van der Waals surface area contributed by atoms with Crippen LogP contribution in [0.4, 0.5) is 8.78 Å². The van der Waals surface area contributed by atoms with Crippen LogP contribution < -0.4 is 5.73 Å². The van der Waals surface area contributed by atoms with Crippen LogP contribution in [0, 0.1) is 0 Å². The summed E-state index contributed by atoms with van der Waals surface area (Å²) in [7, 11) is 0. The highest BCUT2D eigenvalue weighted by Gasteiger charge is 2.13. The molecule has 2 aromatic rings. The summed E-state index contributed by atoms with van der Waals surface area (Å²) in [5.74, 6) is 0. The number of fused-ring (bicyclic) bond motifs is 1. The average Bonchev–Trinajstić information content (AvgIpc) is 2.62. The molecule has 3 N–H and O–H groups in total. The van der Waals surface area contributed by atoms with E-state index in [1.165, 1.54) is 0 Å². The van der Waals surface area contributed by atoms with E-state index < -0.39 is 12.5 Å². The third-order valence-electron chi connectivity index (χ3n) is 2.44. The van der Waals surface area contributed by atoms with Crippen LogP contribution in [0.1, 0.15) is 18.0 Å². The molecule has 0 amide bonds. The van der Waals surface area contributed by atoms with Crippen LogP contribution in [0.15, 0.2) is 30.5 Å². The summed E-state index contributed by atoms with van der Waals surface area (Å²) in [6, 6.07) is 6.83. The fourth-order valence-electron chi connectivity index (χ4n) is 1.62. The molecule has 0 saturated heterocycles. The van der Waals surface area contributed by atoms with Crippen molar-refractivity contribution < 1.29 is 8.78 Å². The van der Waals surface area contributed by atoms with Gasteiger partial charge in [-0.2, -0.15) is 0 Å². The number of aromatic nitrogens is 1. The minimum absolute atomic E-state index is 0.299. The van der Waals surface area contributed by atoms with E-state index in [2.05, 4.69) is 4.98 Å². The van der Waals surface area contributed by atoms with Gasteiger partial charge in [-0.25, -0.2) is 8.78 Å². The summed E-state index contributed by atoms with van der Waals surface area (Å²) in [6.45, 7) is 0. The molecule has 2 nitrogen and oxygen atoms in total. The van der Waals surface area contributed by atoms with Crippen molar-refractivity contribution >= 4 is 10.9 Å². The van der Waals surface area contributed by atoms with Crippen molar-refractivity contribution in [3.05, 3.63) is 36.0 Å². The van der Waals surface area contributed by atoms with Crippen molar-refractivity contribution in [2.24, 2.45) is 5.73 Å². The zero-order valence-corrected chi connectivity index (χ0v) is 8.08. The van der Waals surface area contributed by atoms with Crippen molar-refractivity contribution in [3.63, 3.8) is 0 Å². The molecule has 0 aliphatic carbocycles. The number of nitrogens with two attached hydrogens (primary N) is 1. The van der Waals surface area contributed by atoms with Crippen molar-refractivity contribution in [1.29, 1.82) is 0 Å². The molecule has 0 aliphatic rings. The molecule has 4 heteroatoms. The standard InChI is InChI=1S/C11H12F2N2/c12-11(13)6-9(14)8-2-1-7-3-4-15-10(7)5-8/h1-5,9,11,15H,6,14H2/t9-/m1/s1. The first-order valence-corrected chi connectivity index (χ1v) is 4.77. The van der Waals surface area contributed by atoms with Gasteiger partial charge in [0.1, 0.15) is 0 Å². The van der Waals surface area contributed by atoms with E-state index in [0.717, 1.165) is 16.5 Å². The molecule has 1 aromatic heterocycles. The van der Waals surface area contributed by atoms with Crippen molar-refractivity contribution in [1.82, 2.24) is 4.98 Å². The Morgan fingerprint density at radius 2 is 2.07 bits per heavy atom. The lowest BCUT2D eigenvalue weighted by Gasteiger charge is -2.11. The number of rotatable bonds is 3. The molecular formula is C11H12F2N2. The number of hydrogen-bond donors (Lipinski definition) is 2. The quantitative estimate of drug-likeness (QED) is 0.803. The van der Waals surface area contributed by atoms with Crippen molar-refractivity contribution in [2.45, 2.75) is 18.9 Å². The zero-order chi connectivity index (χ0) is 10.8. The molecule has 0 bridgehead atoms. The Morgan fingerprint density at radius 3 is 2.80 bits per heavy atom. The number of benzene rings is 1. The molecule has 15 heavy (non-hydrogen) atoms. The summed E-state index contributed by atoms with van der Waals surface area (Å²) < 4.78 is 24.3. The predicted molar refractivity (Wildman–Crippen MR) is 55.8 cm³/mol. The summed E-state index contributed by atoms with van der Waals surface area (Å²) in [5, 5.41) is 1.06. The van der Waals surface area contributed by atoms with E-state index in [0.29, 0.717) is 0 Å². The number of halogens is 2. The predicted octanol–water partition coefficient (Wildman–Crippen LogP) is 2.82. The highest BCUT2D eigenvalue weighted by atomic mass is 19.3. The van der Waals surface area contributed by atoms with Crippen LogP contribution in [-0.2, 0) is 0 Å². The van der Waals surface area contributed by atoms with E-state index in [1.54, 1.807) is 6.07 Å². The van der Waals surface area contributed by atoms with Gasteiger partial charge in [-0.15, -0.1) is 0 Å². The van der Waals surface area contributed by atoms with Gasteiger partial charge in [0.15, 0.2) is 0 Å². The average molecular weight is 210 g/mol. The molecular weight excluding hydrogens is 198 g/mol. The molecule has 0 fully saturated rings. The minimum Gasteiger partial charge on any atom is -0.361 e. The fraction of sp³-hybridized carbons (Fsp3) is 0.273. The normalized spacial score (nSPS) is 13.6. The molecule has 0 aliphatic heterocycles. The molecule has 1 aromatic carbocycles. The van der Waals surface area contributed by atoms with Crippen LogP contribution in [0.2, 0.25) is 0 Å². The smallest absolute Gasteiger partial charge is 0.240 e. The molecule has 2 rings (SSSR count). The molecule has 80 valence electrons. The van der Waals surface area contributed by atoms with Gasteiger partial charge in [-0.3, -0.25) is 0 Å². The van der Waals surface area contributed by atoms with Crippen LogP contribution in [0.25, 0.3) is 10.9 Å². The second-order valence-corrected chi connectivity index (χ2v) is 3.56. The van der Waals surface area contributed by atoms with E-state index in [9.17, 15) is 8.78 Å². The van der Waals surface area contributed by atoms with Gasteiger partial charge < -0.3 is 10.7 Å². The maximum Gasteiger partial charge on any atom is 0.240 e. The van der Waals surface area contributed by atoms with Crippen LogP contribution in [0.5, 0.6) is 0 Å². The molecule has 0 radical (unpaired) electrons. The van der Waals surface area contributed by atoms with E-state index in [-0.39, 0.29) is 6.42 Å². The Balaban J connectivity index is 2.27. The first kappa shape index (κ1) is 10.1. The first-order valence-electron chi connectivity index (χ1n) is 4.77. The molecule has 0 spiro atoms. The molecule has 1 heterocycles. The Morgan fingerprint density at radius 1 is 1.27 bits per heavy atom. The number of alkyl halides is 2. The number of nitrogens with one attached hydrogen (secondary N) is 1. The largest absolute Gasteiger partial charge is 0.361 e. The second-order valence-electron chi connectivity index (χ2n) is 3.56. The van der Waals surface area contributed by atoms with Gasteiger partial charge in [0.2, 0.25) is 6.43 Å². The van der Waals surface area contributed by atoms with Gasteiger partial charge in [0.05, 0.1) is 0 Å². The Kier molecular flexibility index (Phi) is 2.68. The van der Waals surface area contributed by atoms with Gasteiger partial charge in [-0.05, 0) is 23.1 Å². The van der Waals surface area contributed by atoms with Crippen LogP contribution in [0.3, 0.4) is 0 Å². The number of H-pyrrole nitrogens is 1. The van der Waals surface area contributed by atoms with E-state index in [4.69, 9.17) is 5.73 Å². The van der Waals surface area contributed by atoms with Gasteiger partial charge >= 0.3 is 0 Å². The van der Waals surface area contributed by atoms with E-state index in [1.807, 2.05) is 24.4 Å². The lowest BCUT2D eigenvalue weighted by atomic mass is 10.0. The number of aromatic amines is 1. The Hall–Kier alpha value is -1.42. The summed E-state index contributed by atoms with van der Waals surface area (Å²) in [4.78, 5) is 3.03. The van der Waals surface area contributed by atoms with Gasteiger partial charge in [-0.1, -0.05) is 12.1 Å². The lowest BCUT2D eigenvalue weighted by Crippen LogP contribution is -2.13. The first-order chi connectivity index (χ1) is 7.16. The van der Waals surface area contributed by atoms with Crippen molar-refractivity contribution in [3.8, 4) is 0 Å². The van der Waals surface area contributed by atoms with Crippen LogP contribution >= 0.6 is 0 Å². The maximum atomic E-state index is 12.1. The fourth-order valence-corrected chi connectivity index (χ4v) is 1.62. The van der Waals surface area contributed by atoms with Crippen molar-refractivity contribution in [2.75, 3.05) is 0 Å². The Labute approximate surface area is 86.1 Å². The second kappa shape index (κ2) is 3.98. The lowest BCUT2D eigenvalue weighted by molar-refractivity contribution is 0.128. The molecule has 1 atom stereocenters. The third-order valence-corrected chi connectivity index (χ3v) is 2.44. The highest BCUT2D eigenvalue weighted by molar-refractivity contribution is 5.79. The molecule has 0 saturated carbocycles. The van der Waals surface area contributed by atoms with Gasteiger partial charge in [0, 0.05) is 24.2 Å².